The average molecular weight is 572 g/mol. The zero-order valence-electron chi connectivity index (χ0n) is 23.4. The van der Waals surface area contributed by atoms with E-state index in [2.05, 4.69) is 15.6 Å². The summed E-state index contributed by atoms with van der Waals surface area (Å²) in [6.07, 6.45) is 3.76. The summed E-state index contributed by atoms with van der Waals surface area (Å²) in [6, 6.07) is 20.0. The topological polar surface area (TPSA) is 98.8 Å². The third kappa shape index (κ3) is 6.75. The van der Waals surface area contributed by atoms with E-state index >= 15 is 0 Å². The minimum atomic E-state index is -0.577. The van der Waals surface area contributed by atoms with Crippen LogP contribution in [0.5, 0.6) is 17.2 Å². The lowest BCUT2D eigenvalue weighted by molar-refractivity contribution is -0.140. The molecule has 0 saturated carbocycles. The Bertz CT molecular complexity index is 1500. The number of ether oxygens (including phenoxy) is 3. The lowest BCUT2D eigenvalue weighted by Gasteiger charge is -2.37. The van der Waals surface area contributed by atoms with Crippen molar-refractivity contribution in [3.8, 4) is 28.4 Å². The maximum Gasteiger partial charge on any atom is 0.305 e. The number of fused-ring (bicyclic) bond motifs is 1. The number of aromatic nitrogens is 1. The van der Waals surface area contributed by atoms with Crippen molar-refractivity contribution in [2.75, 3.05) is 26.1 Å². The van der Waals surface area contributed by atoms with E-state index in [1.807, 2.05) is 73.0 Å². The number of hydrogen-bond donors (Lipinski definition) is 2. The molecule has 0 fully saturated rings. The van der Waals surface area contributed by atoms with E-state index < -0.39 is 5.54 Å². The molecule has 0 aliphatic carbocycles. The Hall–Kier alpha value is -4.21. The molecule has 0 unspecified atom stereocenters. The minimum Gasteiger partial charge on any atom is -0.493 e. The number of amides is 1. The summed E-state index contributed by atoms with van der Waals surface area (Å²) in [7, 11) is 3.04. The van der Waals surface area contributed by atoms with Gasteiger partial charge in [0.05, 0.1) is 14.2 Å². The van der Waals surface area contributed by atoms with E-state index in [1.165, 1.54) is 18.4 Å². The van der Waals surface area contributed by atoms with E-state index in [1.54, 1.807) is 13.3 Å². The molecule has 5 rings (SSSR count). The minimum absolute atomic E-state index is 0.104. The highest BCUT2D eigenvalue weighted by Crippen LogP contribution is 2.41. The number of carbonyl (C=O) groups is 2. The molecule has 1 aromatic heterocycles. The van der Waals surface area contributed by atoms with Crippen molar-refractivity contribution in [2.45, 2.75) is 38.1 Å². The van der Waals surface area contributed by atoms with Gasteiger partial charge in [0.25, 0.3) is 0 Å². The first-order chi connectivity index (χ1) is 19.9. The molecule has 3 aromatic carbocycles. The largest absolute Gasteiger partial charge is 0.493 e. The summed E-state index contributed by atoms with van der Waals surface area (Å²) < 4.78 is 16.7. The number of anilines is 1. The molecule has 41 heavy (non-hydrogen) atoms. The van der Waals surface area contributed by atoms with Crippen molar-refractivity contribution in [2.24, 2.45) is 0 Å². The third-order valence-corrected chi connectivity index (χ3v) is 7.99. The number of hydrogen-bond acceptors (Lipinski definition) is 8. The van der Waals surface area contributed by atoms with Crippen molar-refractivity contribution >= 4 is 28.3 Å². The molecule has 1 amide bonds. The van der Waals surface area contributed by atoms with Gasteiger partial charge < -0.3 is 24.8 Å². The molecule has 212 valence electrons. The molecule has 0 saturated heterocycles. The fourth-order valence-corrected chi connectivity index (χ4v) is 5.66. The van der Waals surface area contributed by atoms with Crippen LogP contribution in [-0.2, 0) is 32.7 Å². The van der Waals surface area contributed by atoms with Crippen LogP contribution in [0.1, 0.15) is 36.5 Å². The molecule has 0 radical (unpaired) electrons. The standard InChI is InChI=1S/C32H33N3O5S/c1-32(20-29(36)35-31-33-16-17-41-31)26-19-28(27(38-2)18-24(26)14-15-34-32)40-25-11-9-23(10-12-25)22-7-4-21(5-8-22)6-13-30(37)39-3/h4-5,7-12,16-19,34H,6,13-15,20H2,1-3H3,(H,33,35,36)/t32-/m1/s1. The summed E-state index contributed by atoms with van der Waals surface area (Å²) in [5.41, 5.74) is 4.77. The van der Waals surface area contributed by atoms with Crippen molar-refractivity contribution < 1.29 is 23.8 Å². The second kappa shape index (κ2) is 12.5. The second-order valence-electron chi connectivity index (χ2n) is 10.1. The van der Waals surface area contributed by atoms with Crippen LogP contribution in [0, 0.1) is 0 Å². The number of nitrogens with one attached hydrogen (secondary N) is 2. The molecule has 9 heteroatoms. The quantitative estimate of drug-likeness (QED) is 0.222. The van der Waals surface area contributed by atoms with Gasteiger partial charge in [-0.1, -0.05) is 36.4 Å². The molecule has 0 spiro atoms. The van der Waals surface area contributed by atoms with Crippen LogP contribution < -0.4 is 20.1 Å². The first-order valence-electron chi connectivity index (χ1n) is 13.5. The van der Waals surface area contributed by atoms with Gasteiger partial charge in [-0.25, -0.2) is 4.98 Å². The molecule has 1 atom stereocenters. The number of methoxy groups -OCH3 is 2. The van der Waals surface area contributed by atoms with Crippen molar-refractivity contribution in [3.05, 3.63) is 88.9 Å². The number of aryl methyl sites for hydroxylation is 1. The normalized spacial score (nSPS) is 16.0. The molecule has 0 bridgehead atoms. The highest BCUT2D eigenvalue weighted by atomic mass is 32.1. The van der Waals surface area contributed by atoms with Gasteiger partial charge in [0.2, 0.25) is 5.91 Å². The van der Waals surface area contributed by atoms with Crippen LogP contribution in [0.25, 0.3) is 11.1 Å². The van der Waals surface area contributed by atoms with Gasteiger partial charge >= 0.3 is 5.97 Å². The van der Waals surface area contributed by atoms with Gasteiger partial charge in [-0.15, -0.1) is 11.3 Å². The Kier molecular flexibility index (Phi) is 8.66. The van der Waals surface area contributed by atoms with Gasteiger partial charge in [0.15, 0.2) is 16.6 Å². The van der Waals surface area contributed by atoms with Crippen molar-refractivity contribution in [1.82, 2.24) is 10.3 Å². The Morgan fingerprint density at radius 2 is 1.76 bits per heavy atom. The lowest BCUT2D eigenvalue weighted by Crippen LogP contribution is -2.47. The molecule has 2 N–H and O–H groups in total. The predicted octanol–water partition coefficient (Wildman–Crippen LogP) is 6.11. The Morgan fingerprint density at radius 1 is 1.02 bits per heavy atom. The van der Waals surface area contributed by atoms with Crippen LogP contribution in [-0.4, -0.2) is 37.6 Å². The van der Waals surface area contributed by atoms with E-state index in [9.17, 15) is 9.59 Å². The molecule has 4 aromatic rings. The molecule has 1 aliphatic heterocycles. The molecular weight excluding hydrogens is 538 g/mol. The van der Waals surface area contributed by atoms with Crippen LogP contribution in [0.2, 0.25) is 0 Å². The number of rotatable bonds is 10. The zero-order valence-corrected chi connectivity index (χ0v) is 24.2. The summed E-state index contributed by atoms with van der Waals surface area (Å²) in [5.74, 6) is 1.59. The molecule has 1 aliphatic rings. The molecule has 2 heterocycles. The van der Waals surface area contributed by atoms with E-state index in [-0.39, 0.29) is 18.3 Å². The second-order valence-corrected chi connectivity index (χ2v) is 11.0. The summed E-state index contributed by atoms with van der Waals surface area (Å²) in [5, 5.41) is 8.85. The lowest BCUT2D eigenvalue weighted by atomic mass is 9.81. The third-order valence-electron chi connectivity index (χ3n) is 7.30. The summed E-state index contributed by atoms with van der Waals surface area (Å²) in [6.45, 7) is 2.79. The van der Waals surface area contributed by atoms with Gasteiger partial charge in [0, 0.05) is 36.5 Å². The Labute approximate surface area is 243 Å². The van der Waals surface area contributed by atoms with Gasteiger partial charge in [0.1, 0.15) is 5.75 Å². The van der Waals surface area contributed by atoms with Crippen LogP contribution in [0.15, 0.2) is 72.2 Å². The monoisotopic (exact) mass is 571 g/mol. The first-order valence-corrected chi connectivity index (χ1v) is 14.3. The summed E-state index contributed by atoms with van der Waals surface area (Å²) >= 11 is 1.39. The SMILES string of the molecule is COC(=O)CCc1ccc(-c2ccc(Oc3cc4c(cc3OC)CCN[C@]4(C)CC(=O)Nc3nccs3)cc2)cc1. The predicted molar refractivity (Wildman–Crippen MR) is 160 cm³/mol. The molecule has 8 nitrogen and oxygen atoms in total. The number of nitrogens with zero attached hydrogens (tertiary/aromatic N) is 1. The number of benzene rings is 3. The summed E-state index contributed by atoms with van der Waals surface area (Å²) in [4.78, 5) is 28.4. The number of carbonyl (C=O) groups excluding carboxylic acids is 2. The van der Waals surface area contributed by atoms with Gasteiger partial charge in [-0.05, 0) is 71.8 Å². The first kappa shape index (κ1) is 28.3. The maximum absolute atomic E-state index is 12.9. The van der Waals surface area contributed by atoms with Gasteiger partial charge in [-0.3, -0.25) is 9.59 Å². The maximum atomic E-state index is 12.9. The van der Waals surface area contributed by atoms with E-state index in [0.717, 1.165) is 40.8 Å². The Morgan fingerprint density at radius 3 is 2.41 bits per heavy atom. The smallest absolute Gasteiger partial charge is 0.305 e. The fourth-order valence-electron chi connectivity index (χ4n) is 5.11. The van der Waals surface area contributed by atoms with Crippen LogP contribution >= 0.6 is 11.3 Å². The molecular formula is C32H33N3O5S. The fraction of sp³-hybridized carbons (Fsp3) is 0.281. The Balaban J connectivity index is 1.32. The van der Waals surface area contributed by atoms with Crippen LogP contribution in [0.4, 0.5) is 5.13 Å². The van der Waals surface area contributed by atoms with Crippen molar-refractivity contribution in [1.29, 1.82) is 0 Å². The highest BCUT2D eigenvalue weighted by Gasteiger charge is 2.35. The van der Waals surface area contributed by atoms with E-state index in [4.69, 9.17) is 14.2 Å². The van der Waals surface area contributed by atoms with E-state index in [0.29, 0.717) is 35.2 Å². The average Bonchev–Trinajstić information content (AvgIpc) is 3.49. The number of esters is 1. The highest BCUT2D eigenvalue weighted by molar-refractivity contribution is 7.13. The van der Waals surface area contributed by atoms with Crippen molar-refractivity contribution in [3.63, 3.8) is 0 Å². The van der Waals surface area contributed by atoms with Gasteiger partial charge in [-0.2, -0.15) is 0 Å². The van der Waals surface area contributed by atoms with Crippen LogP contribution in [0.3, 0.4) is 0 Å². The zero-order chi connectivity index (χ0) is 28.8. The number of thiazole rings is 1.